The van der Waals surface area contributed by atoms with E-state index in [0.29, 0.717) is 13.2 Å². The summed E-state index contributed by atoms with van der Waals surface area (Å²) in [4.78, 5) is 11.8. The lowest BCUT2D eigenvalue weighted by atomic mass is 10.0. The summed E-state index contributed by atoms with van der Waals surface area (Å²) in [6.07, 6.45) is 0. The number of likely N-dealkylation sites (N-methyl/N-ethyl adjacent to an activating group) is 1. The highest BCUT2D eigenvalue weighted by molar-refractivity contribution is 5.85. The van der Waals surface area contributed by atoms with Gasteiger partial charge in [-0.05, 0) is 34.2 Å². The predicted molar refractivity (Wildman–Crippen MR) is 61.9 cm³/mol. The van der Waals surface area contributed by atoms with Gasteiger partial charge in [-0.15, -0.1) is 0 Å². The Morgan fingerprint density at radius 2 is 2.00 bits per heavy atom. The second-order valence-corrected chi connectivity index (χ2v) is 4.19. The molecule has 0 aliphatic heterocycles. The molecule has 1 unspecified atom stereocenters. The molecule has 0 aromatic rings. The first-order valence-corrected chi connectivity index (χ1v) is 5.57. The third kappa shape index (κ3) is 5.74. The zero-order valence-corrected chi connectivity index (χ0v) is 10.5. The van der Waals surface area contributed by atoms with Crippen molar-refractivity contribution >= 4 is 5.91 Å². The minimum absolute atomic E-state index is 0.0107. The molecular weight excluding hydrogens is 192 g/mol. The van der Waals surface area contributed by atoms with Gasteiger partial charge in [-0.1, -0.05) is 6.92 Å². The Kier molecular flexibility index (Phi) is 6.52. The van der Waals surface area contributed by atoms with Crippen LogP contribution in [0.1, 0.15) is 34.6 Å². The molecule has 0 saturated heterocycles. The molecule has 1 amide bonds. The third-order valence-corrected chi connectivity index (χ3v) is 2.14. The number of ether oxygens (including phenoxy) is 1. The van der Waals surface area contributed by atoms with Crippen LogP contribution in [0.25, 0.3) is 0 Å². The molecule has 4 heteroatoms. The summed E-state index contributed by atoms with van der Waals surface area (Å²) < 4.78 is 5.23. The molecule has 2 N–H and O–H groups in total. The first-order chi connectivity index (χ1) is 6.94. The van der Waals surface area contributed by atoms with Crippen LogP contribution in [0.4, 0.5) is 0 Å². The molecular formula is C11H24N2O2. The molecule has 0 fully saturated rings. The van der Waals surface area contributed by atoms with Gasteiger partial charge in [0.1, 0.15) is 0 Å². The average Bonchev–Trinajstić information content (AvgIpc) is 2.14. The van der Waals surface area contributed by atoms with Crippen LogP contribution >= 0.6 is 0 Å². The van der Waals surface area contributed by atoms with Crippen LogP contribution in [-0.4, -0.2) is 37.2 Å². The van der Waals surface area contributed by atoms with E-state index < -0.39 is 5.54 Å². The summed E-state index contributed by atoms with van der Waals surface area (Å²) in [5.41, 5.74) is -0.519. The van der Waals surface area contributed by atoms with E-state index in [-0.39, 0.29) is 11.9 Å². The quantitative estimate of drug-likeness (QED) is 0.665. The summed E-state index contributed by atoms with van der Waals surface area (Å²) in [6.45, 7) is 11.6. The van der Waals surface area contributed by atoms with Crippen LogP contribution in [0.5, 0.6) is 0 Å². The van der Waals surface area contributed by atoms with Crippen LogP contribution < -0.4 is 10.6 Å². The summed E-state index contributed by atoms with van der Waals surface area (Å²) in [7, 11) is 0. The largest absolute Gasteiger partial charge is 0.380 e. The van der Waals surface area contributed by atoms with Gasteiger partial charge in [0.05, 0.1) is 12.1 Å². The molecule has 0 spiro atoms. The highest BCUT2D eigenvalue weighted by atomic mass is 16.5. The number of nitrogens with one attached hydrogen (secondary N) is 2. The summed E-state index contributed by atoms with van der Waals surface area (Å²) in [5, 5.41) is 6.04. The number of carbonyl (C=O) groups is 1. The summed E-state index contributed by atoms with van der Waals surface area (Å²) >= 11 is 0. The molecule has 0 saturated carbocycles. The van der Waals surface area contributed by atoms with E-state index in [1.807, 2.05) is 34.6 Å². The monoisotopic (exact) mass is 216 g/mol. The fraction of sp³-hybridized carbons (Fsp3) is 0.909. The maximum atomic E-state index is 11.8. The van der Waals surface area contributed by atoms with Gasteiger partial charge in [0.25, 0.3) is 0 Å². The first kappa shape index (κ1) is 14.4. The van der Waals surface area contributed by atoms with Gasteiger partial charge in [0.2, 0.25) is 5.91 Å². The van der Waals surface area contributed by atoms with E-state index in [9.17, 15) is 4.79 Å². The van der Waals surface area contributed by atoms with Gasteiger partial charge in [-0.2, -0.15) is 0 Å². The Morgan fingerprint density at radius 3 is 2.47 bits per heavy atom. The van der Waals surface area contributed by atoms with Crippen molar-refractivity contribution in [2.45, 2.75) is 46.2 Å². The van der Waals surface area contributed by atoms with E-state index in [0.717, 1.165) is 6.54 Å². The highest BCUT2D eigenvalue weighted by Gasteiger charge is 2.26. The Hall–Kier alpha value is -0.610. The van der Waals surface area contributed by atoms with E-state index in [1.54, 1.807) is 0 Å². The Balaban J connectivity index is 4.00. The van der Waals surface area contributed by atoms with Gasteiger partial charge in [0, 0.05) is 12.6 Å². The van der Waals surface area contributed by atoms with Gasteiger partial charge in [0.15, 0.2) is 0 Å². The number of amides is 1. The van der Waals surface area contributed by atoms with Crippen molar-refractivity contribution in [2.24, 2.45) is 0 Å². The molecule has 0 aliphatic carbocycles. The van der Waals surface area contributed by atoms with E-state index in [1.165, 1.54) is 0 Å². The molecule has 1 atom stereocenters. The number of carbonyl (C=O) groups excluding carboxylic acids is 1. The van der Waals surface area contributed by atoms with Crippen LogP contribution in [0, 0.1) is 0 Å². The molecule has 0 aromatic heterocycles. The van der Waals surface area contributed by atoms with Crippen LogP contribution in [0.3, 0.4) is 0 Å². The second-order valence-electron chi connectivity index (χ2n) is 4.19. The second kappa shape index (κ2) is 6.80. The van der Waals surface area contributed by atoms with Crippen LogP contribution in [0.15, 0.2) is 0 Å². The van der Waals surface area contributed by atoms with Crippen molar-refractivity contribution in [3.05, 3.63) is 0 Å². The standard InChI is InChI=1S/C11H24N2O2/c1-6-12-11(4,5)10(14)13-9(3)8-15-7-2/h9,12H,6-8H2,1-5H3,(H,13,14). The number of hydrogen-bond donors (Lipinski definition) is 2. The lowest BCUT2D eigenvalue weighted by Gasteiger charge is -2.26. The van der Waals surface area contributed by atoms with Crippen LogP contribution in [-0.2, 0) is 9.53 Å². The zero-order valence-electron chi connectivity index (χ0n) is 10.5. The molecule has 0 rings (SSSR count). The van der Waals surface area contributed by atoms with Crippen LogP contribution in [0.2, 0.25) is 0 Å². The normalized spacial score (nSPS) is 13.7. The Labute approximate surface area is 92.8 Å². The van der Waals surface area contributed by atoms with E-state index in [2.05, 4.69) is 10.6 Å². The molecule has 0 bridgehead atoms. The highest BCUT2D eigenvalue weighted by Crippen LogP contribution is 2.02. The third-order valence-electron chi connectivity index (χ3n) is 2.14. The van der Waals surface area contributed by atoms with Crippen molar-refractivity contribution in [1.29, 1.82) is 0 Å². The minimum Gasteiger partial charge on any atom is -0.380 e. The lowest BCUT2D eigenvalue weighted by Crippen LogP contribution is -2.55. The molecule has 15 heavy (non-hydrogen) atoms. The van der Waals surface area contributed by atoms with Gasteiger partial charge in [-0.25, -0.2) is 0 Å². The lowest BCUT2D eigenvalue weighted by molar-refractivity contribution is -0.127. The van der Waals surface area contributed by atoms with Crippen molar-refractivity contribution in [3.63, 3.8) is 0 Å². The molecule has 0 heterocycles. The average molecular weight is 216 g/mol. The van der Waals surface area contributed by atoms with Gasteiger partial charge >= 0.3 is 0 Å². The predicted octanol–water partition coefficient (Wildman–Crippen LogP) is 0.916. The van der Waals surface area contributed by atoms with Gasteiger partial charge < -0.3 is 15.4 Å². The van der Waals surface area contributed by atoms with E-state index in [4.69, 9.17) is 4.74 Å². The fourth-order valence-corrected chi connectivity index (χ4v) is 1.26. The molecule has 90 valence electrons. The molecule has 0 aromatic carbocycles. The van der Waals surface area contributed by atoms with Crippen molar-refractivity contribution in [3.8, 4) is 0 Å². The maximum Gasteiger partial charge on any atom is 0.240 e. The smallest absolute Gasteiger partial charge is 0.240 e. The minimum atomic E-state index is -0.519. The molecule has 0 radical (unpaired) electrons. The fourth-order valence-electron chi connectivity index (χ4n) is 1.26. The van der Waals surface area contributed by atoms with Crippen molar-refractivity contribution in [1.82, 2.24) is 10.6 Å². The van der Waals surface area contributed by atoms with Crippen molar-refractivity contribution < 1.29 is 9.53 Å². The number of rotatable bonds is 7. The maximum absolute atomic E-state index is 11.8. The molecule has 4 nitrogen and oxygen atoms in total. The van der Waals surface area contributed by atoms with Gasteiger partial charge in [-0.3, -0.25) is 4.79 Å². The van der Waals surface area contributed by atoms with E-state index >= 15 is 0 Å². The summed E-state index contributed by atoms with van der Waals surface area (Å²) in [5.74, 6) is 0.0107. The first-order valence-electron chi connectivity index (χ1n) is 5.57. The SMILES string of the molecule is CCNC(C)(C)C(=O)NC(C)COCC. The Bertz CT molecular complexity index is 193. The number of hydrogen-bond acceptors (Lipinski definition) is 3. The zero-order chi connectivity index (χ0) is 11.9. The van der Waals surface area contributed by atoms with Crippen molar-refractivity contribution in [2.75, 3.05) is 19.8 Å². The summed E-state index contributed by atoms with van der Waals surface area (Å²) in [6, 6.07) is 0.0513. The Morgan fingerprint density at radius 1 is 1.40 bits per heavy atom. The molecule has 0 aliphatic rings. The topological polar surface area (TPSA) is 50.4 Å².